The molecule has 2 atom stereocenters. The van der Waals surface area contributed by atoms with E-state index in [1.165, 1.54) is 0 Å². The number of anilines is 1. The lowest BCUT2D eigenvalue weighted by Gasteiger charge is -2.23. The molecule has 1 fully saturated rings. The lowest BCUT2D eigenvalue weighted by molar-refractivity contribution is -0.0298. The maximum Gasteiger partial charge on any atom is 0.167 e. The fourth-order valence-electron chi connectivity index (χ4n) is 3.81. The van der Waals surface area contributed by atoms with Gasteiger partial charge in [0.05, 0.1) is 17.9 Å². The highest BCUT2D eigenvalue weighted by atomic mass is 35.5. The van der Waals surface area contributed by atoms with E-state index in [0.717, 1.165) is 53.5 Å². The first-order valence-corrected chi connectivity index (χ1v) is 10.2. The van der Waals surface area contributed by atoms with Gasteiger partial charge in [0.15, 0.2) is 17.0 Å². The second-order valence-electron chi connectivity index (χ2n) is 7.29. The summed E-state index contributed by atoms with van der Waals surface area (Å²) in [5.41, 5.74) is 3.28. The Balaban J connectivity index is 1.47. The molecular formula is C21H21ClN6O. The van der Waals surface area contributed by atoms with Crippen LogP contribution in [0.2, 0.25) is 5.15 Å². The topological polar surface area (TPSA) is 77.8 Å². The molecule has 1 aliphatic heterocycles. The number of hydrogen-bond acceptors (Lipinski definition) is 6. The summed E-state index contributed by atoms with van der Waals surface area (Å²) in [7, 11) is 0. The summed E-state index contributed by atoms with van der Waals surface area (Å²) in [5, 5.41) is 4.96. The van der Waals surface area contributed by atoms with Crippen molar-refractivity contribution in [2.75, 3.05) is 11.9 Å². The molecule has 7 nitrogen and oxygen atoms in total. The molecule has 5 rings (SSSR count). The Bertz CT molecular complexity index is 1170. The molecule has 1 N–H and O–H groups in total. The van der Waals surface area contributed by atoms with Crippen molar-refractivity contribution < 1.29 is 4.74 Å². The summed E-state index contributed by atoms with van der Waals surface area (Å²) in [6.07, 6.45) is 6.53. The molecule has 2 unspecified atom stereocenters. The molecule has 4 heterocycles. The predicted molar refractivity (Wildman–Crippen MR) is 113 cm³/mol. The van der Waals surface area contributed by atoms with Crippen LogP contribution in [-0.4, -0.2) is 31.1 Å². The maximum absolute atomic E-state index is 6.47. The molecule has 0 radical (unpaired) electrons. The number of benzene rings is 1. The Morgan fingerprint density at radius 2 is 2.10 bits per heavy atom. The number of hydrogen-bond donors (Lipinski definition) is 1. The Morgan fingerprint density at radius 1 is 1.21 bits per heavy atom. The fourth-order valence-corrected chi connectivity index (χ4v) is 4.12. The minimum atomic E-state index is -0.103. The van der Waals surface area contributed by atoms with E-state index in [4.69, 9.17) is 16.3 Å². The monoisotopic (exact) mass is 408 g/mol. The SMILES string of the molecule is CC(Nc1ncnc2c1ncn2C1CCCCO1)c1cc2ccccc2nc1Cl. The molecule has 8 heteroatoms. The number of nitrogens with zero attached hydrogens (tertiary/aromatic N) is 5. The highest BCUT2D eigenvalue weighted by molar-refractivity contribution is 6.30. The van der Waals surface area contributed by atoms with Gasteiger partial charge in [-0.05, 0) is 38.3 Å². The summed E-state index contributed by atoms with van der Waals surface area (Å²) < 4.78 is 7.89. The minimum Gasteiger partial charge on any atom is -0.361 e. The first kappa shape index (κ1) is 18.3. The average Bonchev–Trinajstić information content (AvgIpc) is 3.19. The van der Waals surface area contributed by atoms with Crippen LogP contribution in [0.3, 0.4) is 0 Å². The number of fused-ring (bicyclic) bond motifs is 2. The largest absolute Gasteiger partial charge is 0.361 e. The number of pyridine rings is 1. The fraction of sp³-hybridized carbons (Fsp3) is 0.333. The van der Waals surface area contributed by atoms with Crippen LogP contribution in [0.1, 0.15) is 44.0 Å². The zero-order chi connectivity index (χ0) is 19.8. The number of halogens is 1. The van der Waals surface area contributed by atoms with Crippen LogP contribution in [0.25, 0.3) is 22.1 Å². The molecule has 3 aromatic heterocycles. The van der Waals surface area contributed by atoms with Gasteiger partial charge in [-0.15, -0.1) is 0 Å². The van der Waals surface area contributed by atoms with E-state index in [1.54, 1.807) is 12.7 Å². The molecule has 4 aromatic rings. The highest BCUT2D eigenvalue weighted by Crippen LogP contribution is 2.31. The summed E-state index contributed by atoms with van der Waals surface area (Å²) in [4.78, 5) is 17.9. The molecular weight excluding hydrogens is 388 g/mol. The second-order valence-corrected chi connectivity index (χ2v) is 7.65. The number of nitrogens with one attached hydrogen (secondary N) is 1. The van der Waals surface area contributed by atoms with Crippen molar-refractivity contribution in [3.05, 3.63) is 53.7 Å². The standard InChI is InChI=1S/C21H21ClN6O/c1-13(15-10-14-6-2-3-7-16(14)27-19(15)22)26-20-18-21(24-11-23-20)28(12-25-18)17-8-4-5-9-29-17/h2-3,6-7,10-13,17H,4-5,8-9H2,1H3,(H,23,24,26). The van der Waals surface area contributed by atoms with Crippen molar-refractivity contribution in [1.29, 1.82) is 0 Å². The third kappa shape index (κ3) is 3.41. The normalized spacial score (nSPS) is 18.2. The van der Waals surface area contributed by atoms with Gasteiger partial charge in [-0.25, -0.2) is 19.9 Å². The van der Waals surface area contributed by atoms with Gasteiger partial charge in [-0.1, -0.05) is 29.8 Å². The van der Waals surface area contributed by atoms with E-state index >= 15 is 0 Å². The maximum atomic E-state index is 6.47. The average molecular weight is 409 g/mol. The van der Waals surface area contributed by atoms with Gasteiger partial charge in [-0.2, -0.15) is 0 Å². The van der Waals surface area contributed by atoms with Crippen molar-refractivity contribution in [3.8, 4) is 0 Å². The van der Waals surface area contributed by atoms with Gasteiger partial charge in [0.25, 0.3) is 0 Å². The van der Waals surface area contributed by atoms with Crippen LogP contribution in [-0.2, 0) is 4.74 Å². The van der Waals surface area contributed by atoms with Crippen molar-refractivity contribution in [2.45, 2.75) is 38.5 Å². The van der Waals surface area contributed by atoms with E-state index < -0.39 is 0 Å². The van der Waals surface area contributed by atoms with E-state index in [2.05, 4.69) is 31.3 Å². The first-order chi connectivity index (χ1) is 14.2. The number of para-hydroxylation sites is 1. The van der Waals surface area contributed by atoms with Gasteiger partial charge >= 0.3 is 0 Å². The van der Waals surface area contributed by atoms with Gasteiger partial charge < -0.3 is 10.1 Å². The Hall–Kier alpha value is -2.77. The lowest BCUT2D eigenvalue weighted by atomic mass is 10.1. The van der Waals surface area contributed by atoms with Gasteiger partial charge in [0.2, 0.25) is 0 Å². The van der Waals surface area contributed by atoms with E-state index in [-0.39, 0.29) is 12.3 Å². The van der Waals surface area contributed by atoms with Crippen molar-refractivity contribution in [1.82, 2.24) is 24.5 Å². The summed E-state index contributed by atoms with van der Waals surface area (Å²) in [6.45, 7) is 2.80. The van der Waals surface area contributed by atoms with Crippen LogP contribution in [0.4, 0.5) is 5.82 Å². The number of aromatic nitrogens is 5. The van der Waals surface area contributed by atoms with Gasteiger partial charge in [0, 0.05) is 17.6 Å². The van der Waals surface area contributed by atoms with Crippen LogP contribution in [0.5, 0.6) is 0 Å². The van der Waals surface area contributed by atoms with Crippen molar-refractivity contribution in [3.63, 3.8) is 0 Å². The van der Waals surface area contributed by atoms with Gasteiger partial charge in [-0.3, -0.25) is 4.57 Å². The Labute approximate surface area is 173 Å². The Kier molecular flexibility index (Phi) is 4.77. The minimum absolute atomic E-state index is 0.0203. The molecule has 148 valence electrons. The van der Waals surface area contributed by atoms with Gasteiger partial charge in [0.1, 0.15) is 17.7 Å². The molecule has 0 bridgehead atoms. The van der Waals surface area contributed by atoms with Crippen LogP contribution < -0.4 is 5.32 Å². The van der Waals surface area contributed by atoms with Crippen LogP contribution in [0, 0.1) is 0 Å². The number of rotatable bonds is 4. The smallest absolute Gasteiger partial charge is 0.167 e. The van der Waals surface area contributed by atoms with Crippen molar-refractivity contribution in [2.24, 2.45) is 0 Å². The molecule has 1 aliphatic rings. The van der Waals surface area contributed by atoms with Crippen LogP contribution >= 0.6 is 11.6 Å². The zero-order valence-corrected chi connectivity index (χ0v) is 16.8. The van der Waals surface area contributed by atoms with E-state index in [0.29, 0.717) is 11.0 Å². The number of ether oxygens (including phenoxy) is 1. The van der Waals surface area contributed by atoms with E-state index in [1.807, 2.05) is 35.8 Å². The van der Waals surface area contributed by atoms with Crippen LogP contribution in [0.15, 0.2) is 43.0 Å². The van der Waals surface area contributed by atoms with Crippen molar-refractivity contribution >= 4 is 39.5 Å². The summed E-state index contributed by atoms with van der Waals surface area (Å²) in [5.74, 6) is 0.668. The molecule has 1 saturated heterocycles. The second kappa shape index (κ2) is 7.57. The summed E-state index contributed by atoms with van der Waals surface area (Å²) >= 11 is 6.47. The molecule has 1 aromatic carbocycles. The Morgan fingerprint density at radius 3 is 2.97 bits per heavy atom. The molecule has 0 saturated carbocycles. The predicted octanol–water partition coefficient (Wildman–Crippen LogP) is 4.90. The molecule has 0 spiro atoms. The summed E-state index contributed by atoms with van der Waals surface area (Å²) in [6, 6.07) is 9.90. The molecule has 0 aliphatic carbocycles. The highest BCUT2D eigenvalue weighted by Gasteiger charge is 2.21. The number of imidazole rings is 1. The molecule has 0 amide bonds. The lowest BCUT2D eigenvalue weighted by Crippen LogP contribution is -2.17. The van der Waals surface area contributed by atoms with E-state index in [9.17, 15) is 0 Å². The zero-order valence-electron chi connectivity index (χ0n) is 16.0. The first-order valence-electron chi connectivity index (χ1n) is 9.81. The third-order valence-electron chi connectivity index (χ3n) is 5.35. The molecule has 29 heavy (non-hydrogen) atoms. The third-order valence-corrected chi connectivity index (χ3v) is 5.65. The quantitative estimate of drug-likeness (QED) is 0.484.